The van der Waals surface area contributed by atoms with Gasteiger partial charge in [-0.1, -0.05) is 0 Å². The van der Waals surface area contributed by atoms with Gasteiger partial charge < -0.3 is 4.74 Å². The smallest absolute Gasteiger partial charge is 0.348 e. The zero-order valence-electron chi connectivity index (χ0n) is 11.2. The van der Waals surface area contributed by atoms with E-state index in [2.05, 4.69) is 15.3 Å². The Kier molecular flexibility index (Phi) is 3.92. The summed E-state index contributed by atoms with van der Waals surface area (Å²) in [4.78, 5) is 33.0. The van der Waals surface area contributed by atoms with Crippen LogP contribution in [-0.2, 0) is 22.4 Å². The molecule has 0 atom stereocenters. The first-order valence-corrected chi connectivity index (χ1v) is 7.39. The summed E-state index contributed by atoms with van der Waals surface area (Å²) in [6.07, 6.45) is 6.23. The number of carbonyl (C=O) groups excluding carboxylic acids is 2. The van der Waals surface area contributed by atoms with Crippen molar-refractivity contribution >= 4 is 29.2 Å². The number of hydrogen-bond acceptors (Lipinski definition) is 6. The first-order valence-electron chi connectivity index (χ1n) is 6.58. The minimum absolute atomic E-state index is 0.189. The second-order valence-electron chi connectivity index (χ2n) is 4.61. The summed E-state index contributed by atoms with van der Waals surface area (Å²) < 4.78 is 5.00. The Hall–Kier alpha value is -2.28. The highest BCUT2D eigenvalue weighted by atomic mass is 32.1. The van der Waals surface area contributed by atoms with E-state index >= 15 is 0 Å². The van der Waals surface area contributed by atoms with Gasteiger partial charge in [0.2, 0.25) is 5.95 Å². The second kappa shape index (κ2) is 6.01. The standard InChI is InChI=1S/C14H13N3O3S/c18-12(17-14-15-5-2-6-16-14)8-20-13(19)11-7-9-3-1-4-10(9)21-11/h2,5-7H,1,3-4,8H2,(H,15,16,17,18). The third-order valence-electron chi connectivity index (χ3n) is 3.10. The van der Waals surface area contributed by atoms with Gasteiger partial charge in [0.25, 0.3) is 5.91 Å². The number of ether oxygens (including phenoxy) is 1. The van der Waals surface area contributed by atoms with Gasteiger partial charge >= 0.3 is 5.97 Å². The molecule has 1 amide bonds. The third kappa shape index (κ3) is 3.25. The molecule has 0 unspecified atom stereocenters. The molecular weight excluding hydrogens is 290 g/mol. The van der Waals surface area contributed by atoms with Gasteiger partial charge in [-0.3, -0.25) is 10.1 Å². The Morgan fingerprint density at radius 1 is 1.29 bits per heavy atom. The van der Waals surface area contributed by atoms with Crippen LogP contribution >= 0.6 is 11.3 Å². The molecule has 0 saturated heterocycles. The molecular formula is C14H13N3O3S. The van der Waals surface area contributed by atoms with Crippen molar-refractivity contribution in [3.8, 4) is 0 Å². The Morgan fingerprint density at radius 2 is 2.10 bits per heavy atom. The van der Waals surface area contributed by atoms with Crippen molar-refractivity contribution in [1.82, 2.24) is 9.97 Å². The molecule has 0 aromatic carbocycles. The predicted molar refractivity (Wildman–Crippen MR) is 77.3 cm³/mol. The number of nitrogens with one attached hydrogen (secondary N) is 1. The number of hydrogen-bond donors (Lipinski definition) is 1. The van der Waals surface area contributed by atoms with Crippen LogP contribution < -0.4 is 5.32 Å². The first kappa shape index (κ1) is 13.7. The van der Waals surface area contributed by atoms with Crippen LogP contribution in [0.1, 0.15) is 26.5 Å². The fourth-order valence-corrected chi connectivity index (χ4v) is 3.30. The molecule has 7 heteroatoms. The number of rotatable bonds is 4. The molecule has 3 rings (SSSR count). The van der Waals surface area contributed by atoms with E-state index in [1.165, 1.54) is 34.2 Å². The van der Waals surface area contributed by atoms with Gasteiger partial charge in [0, 0.05) is 17.3 Å². The average Bonchev–Trinajstić information content (AvgIpc) is 3.07. The predicted octanol–water partition coefficient (Wildman–Crippen LogP) is 1.82. The van der Waals surface area contributed by atoms with E-state index in [0.717, 1.165) is 19.3 Å². The van der Waals surface area contributed by atoms with Crippen LogP contribution in [0.25, 0.3) is 0 Å². The summed E-state index contributed by atoms with van der Waals surface area (Å²) in [6.45, 7) is -0.348. The Morgan fingerprint density at radius 3 is 2.86 bits per heavy atom. The van der Waals surface area contributed by atoms with Crippen molar-refractivity contribution in [2.75, 3.05) is 11.9 Å². The molecule has 2 aromatic rings. The normalized spacial score (nSPS) is 12.8. The van der Waals surface area contributed by atoms with Gasteiger partial charge in [0.05, 0.1) is 0 Å². The lowest BCUT2D eigenvalue weighted by molar-refractivity contribution is -0.119. The van der Waals surface area contributed by atoms with Crippen molar-refractivity contribution in [1.29, 1.82) is 0 Å². The molecule has 6 nitrogen and oxygen atoms in total. The number of fused-ring (bicyclic) bond motifs is 1. The molecule has 1 N–H and O–H groups in total. The van der Waals surface area contributed by atoms with Crippen molar-refractivity contribution in [2.24, 2.45) is 0 Å². The van der Waals surface area contributed by atoms with E-state index in [4.69, 9.17) is 4.74 Å². The molecule has 1 aliphatic carbocycles. The molecule has 0 spiro atoms. The van der Waals surface area contributed by atoms with Crippen LogP contribution in [0, 0.1) is 0 Å². The summed E-state index contributed by atoms with van der Waals surface area (Å²) in [5.41, 5.74) is 1.23. The molecule has 0 saturated carbocycles. The van der Waals surface area contributed by atoms with Crippen molar-refractivity contribution in [2.45, 2.75) is 19.3 Å². The number of anilines is 1. The minimum Gasteiger partial charge on any atom is -0.451 e. The summed E-state index contributed by atoms with van der Waals surface area (Å²) in [5.74, 6) is -0.731. The van der Waals surface area contributed by atoms with Crippen LogP contribution in [0.3, 0.4) is 0 Å². The van der Waals surface area contributed by atoms with Gasteiger partial charge in [0.15, 0.2) is 6.61 Å². The van der Waals surface area contributed by atoms with Gasteiger partial charge in [-0.15, -0.1) is 11.3 Å². The van der Waals surface area contributed by atoms with Gasteiger partial charge in [-0.25, -0.2) is 14.8 Å². The van der Waals surface area contributed by atoms with Crippen molar-refractivity contribution < 1.29 is 14.3 Å². The number of esters is 1. The van der Waals surface area contributed by atoms with Crippen molar-refractivity contribution in [3.05, 3.63) is 39.8 Å². The molecule has 0 fully saturated rings. The van der Waals surface area contributed by atoms with Crippen LogP contribution in [0.2, 0.25) is 0 Å². The molecule has 2 heterocycles. The van der Waals surface area contributed by atoms with Gasteiger partial charge in [-0.2, -0.15) is 0 Å². The molecule has 0 radical (unpaired) electrons. The molecule has 0 bridgehead atoms. The average molecular weight is 303 g/mol. The summed E-state index contributed by atoms with van der Waals surface area (Å²) >= 11 is 1.45. The van der Waals surface area contributed by atoms with Gasteiger partial charge in [-0.05, 0) is 37.0 Å². The Balaban J connectivity index is 1.52. The lowest BCUT2D eigenvalue weighted by Gasteiger charge is -2.04. The number of aromatic nitrogens is 2. The van der Waals surface area contributed by atoms with Crippen LogP contribution in [0.15, 0.2) is 24.5 Å². The summed E-state index contributed by atoms with van der Waals surface area (Å²) in [6, 6.07) is 3.51. The zero-order valence-corrected chi connectivity index (χ0v) is 12.0. The quantitative estimate of drug-likeness (QED) is 0.871. The Bertz CT molecular complexity index is 648. The summed E-state index contributed by atoms with van der Waals surface area (Å²) in [5, 5.41) is 2.45. The van der Waals surface area contributed by atoms with Crippen LogP contribution in [-0.4, -0.2) is 28.5 Å². The van der Waals surface area contributed by atoms with Gasteiger partial charge in [0.1, 0.15) is 4.88 Å². The number of amides is 1. The number of nitrogens with zero attached hydrogens (tertiary/aromatic N) is 2. The largest absolute Gasteiger partial charge is 0.451 e. The van der Waals surface area contributed by atoms with Crippen molar-refractivity contribution in [3.63, 3.8) is 0 Å². The van der Waals surface area contributed by atoms with E-state index in [1.54, 1.807) is 6.07 Å². The maximum absolute atomic E-state index is 11.9. The van der Waals surface area contributed by atoms with E-state index in [1.807, 2.05) is 6.07 Å². The number of carbonyl (C=O) groups is 2. The highest BCUT2D eigenvalue weighted by molar-refractivity contribution is 7.14. The lowest BCUT2D eigenvalue weighted by atomic mass is 10.2. The van der Waals surface area contributed by atoms with E-state index in [0.29, 0.717) is 4.88 Å². The fourth-order valence-electron chi connectivity index (χ4n) is 2.16. The zero-order chi connectivity index (χ0) is 14.7. The highest BCUT2D eigenvalue weighted by Crippen LogP contribution is 2.30. The number of thiophene rings is 1. The van der Waals surface area contributed by atoms with Crippen LogP contribution in [0.5, 0.6) is 0 Å². The highest BCUT2D eigenvalue weighted by Gasteiger charge is 2.20. The monoisotopic (exact) mass is 303 g/mol. The topological polar surface area (TPSA) is 81.2 Å². The molecule has 1 aliphatic rings. The second-order valence-corrected chi connectivity index (χ2v) is 5.75. The third-order valence-corrected chi connectivity index (χ3v) is 4.32. The number of aryl methyl sites for hydroxylation is 2. The maximum atomic E-state index is 11.9. The molecule has 2 aromatic heterocycles. The molecule has 108 valence electrons. The molecule has 21 heavy (non-hydrogen) atoms. The molecule has 0 aliphatic heterocycles. The minimum atomic E-state index is -0.460. The maximum Gasteiger partial charge on any atom is 0.348 e. The fraction of sp³-hybridized carbons (Fsp3) is 0.286. The first-order chi connectivity index (χ1) is 10.2. The van der Waals surface area contributed by atoms with E-state index < -0.39 is 11.9 Å². The van der Waals surface area contributed by atoms with E-state index in [9.17, 15) is 9.59 Å². The Labute approximate surface area is 125 Å². The van der Waals surface area contributed by atoms with E-state index in [-0.39, 0.29) is 12.6 Å². The summed E-state index contributed by atoms with van der Waals surface area (Å²) in [7, 11) is 0. The SMILES string of the molecule is O=C(COC(=O)c1cc2c(s1)CCC2)Nc1ncccn1. The lowest BCUT2D eigenvalue weighted by Crippen LogP contribution is -2.21. The van der Waals surface area contributed by atoms with Crippen LogP contribution in [0.4, 0.5) is 5.95 Å².